The summed E-state index contributed by atoms with van der Waals surface area (Å²) in [7, 11) is 0. The molecule has 39 heavy (non-hydrogen) atoms. The zero-order valence-electron chi connectivity index (χ0n) is 22.5. The van der Waals surface area contributed by atoms with E-state index in [0.29, 0.717) is 37.9 Å². The van der Waals surface area contributed by atoms with E-state index >= 15 is 0 Å². The molecule has 1 saturated heterocycles. The molecule has 0 saturated carbocycles. The first-order chi connectivity index (χ1) is 18.4. The van der Waals surface area contributed by atoms with Crippen molar-refractivity contribution in [1.29, 1.82) is 0 Å². The number of anilines is 2. The molecule has 0 spiro atoms. The number of nitrogens with one attached hydrogen (secondary N) is 1. The van der Waals surface area contributed by atoms with Crippen LogP contribution in [0, 0.1) is 5.92 Å². The molecule has 1 N–H and O–H groups in total. The Balaban J connectivity index is 1.34. The average molecular weight is 567 g/mol. The Bertz CT molecular complexity index is 1350. The predicted octanol–water partition coefficient (Wildman–Crippen LogP) is 4.94. The van der Waals surface area contributed by atoms with E-state index in [1.54, 1.807) is 16.2 Å². The van der Waals surface area contributed by atoms with Crippen molar-refractivity contribution in [3.63, 3.8) is 0 Å². The van der Waals surface area contributed by atoms with Gasteiger partial charge in [-0.15, -0.1) is 21.5 Å². The molecule has 3 aromatic heterocycles. The molecule has 5 heterocycles. The van der Waals surface area contributed by atoms with Crippen molar-refractivity contribution in [2.45, 2.75) is 71.8 Å². The molecule has 3 aromatic rings. The Morgan fingerprint density at radius 3 is 2.69 bits per heavy atom. The van der Waals surface area contributed by atoms with Crippen LogP contribution in [0.3, 0.4) is 0 Å². The highest BCUT2D eigenvalue weighted by atomic mass is 32.1. The van der Waals surface area contributed by atoms with Crippen molar-refractivity contribution in [3.8, 4) is 0 Å². The summed E-state index contributed by atoms with van der Waals surface area (Å²) in [4.78, 5) is 27.7. The van der Waals surface area contributed by atoms with Crippen LogP contribution in [0.15, 0.2) is 6.07 Å². The fourth-order valence-corrected chi connectivity index (χ4v) is 6.05. The van der Waals surface area contributed by atoms with Gasteiger partial charge < -0.3 is 24.4 Å². The van der Waals surface area contributed by atoms with E-state index in [-0.39, 0.29) is 30.9 Å². The van der Waals surface area contributed by atoms with Gasteiger partial charge in [0, 0.05) is 37.6 Å². The summed E-state index contributed by atoms with van der Waals surface area (Å²) in [6.45, 7) is 10.1. The molecule has 5 rings (SSSR count). The maximum absolute atomic E-state index is 13.3. The number of likely N-dealkylation sites (tertiary alicyclic amines) is 1. The molecule has 1 fully saturated rings. The lowest BCUT2D eigenvalue weighted by Gasteiger charge is -2.29. The SMILES string of the molecule is CCCc1cc2c(N3CCn4c(nnc4C(F)(F)F)C3)nc(NC[C@H]3CCN(C(=O)OC(C)(C)C)C3)nc2s1. The Hall–Kier alpha value is -3.16. The van der Waals surface area contributed by atoms with Gasteiger partial charge in [0.15, 0.2) is 5.82 Å². The summed E-state index contributed by atoms with van der Waals surface area (Å²) in [6.07, 6.45) is -2.12. The van der Waals surface area contributed by atoms with Gasteiger partial charge in [0.05, 0.1) is 11.9 Å². The fourth-order valence-electron chi connectivity index (χ4n) is 4.92. The Labute approximate surface area is 228 Å². The first kappa shape index (κ1) is 27.4. The largest absolute Gasteiger partial charge is 0.451 e. The van der Waals surface area contributed by atoms with Crippen molar-refractivity contribution in [2.24, 2.45) is 5.92 Å². The predicted molar refractivity (Wildman–Crippen MR) is 142 cm³/mol. The summed E-state index contributed by atoms with van der Waals surface area (Å²) in [6, 6.07) is 2.08. The number of hydrogen-bond acceptors (Lipinski definition) is 9. The van der Waals surface area contributed by atoms with Crippen LogP contribution in [0.5, 0.6) is 0 Å². The quantitative estimate of drug-likeness (QED) is 0.448. The first-order valence-electron chi connectivity index (χ1n) is 13.2. The molecule has 1 atom stereocenters. The molecule has 0 aromatic carbocycles. The van der Waals surface area contributed by atoms with E-state index in [9.17, 15) is 18.0 Å². The number of thiophene rings is 1. The summed E-state index contributed by atoms with van der Waals surface area (Å²) in [5.74, 6) is 0.637. The second-order valence-corrected chi connectivity index (χ2v) is 12.1. The van der Waals surface area contributed by atoms with Crippen LogP contribution in [-0.4, -0.2) is 67.5 Å². The van der Waals surface area contributed by atoms with E-state index in [2.05, 4.69) is 28.5 Å². The average Bonchev–Trinajstić information content (AvgIpc) is 3.58. The number of carbonyl (C=O) groups is 1. The second-order valence-electron chi connectivity index (χ2n) is 11.0. The zero-order valence-corrected chi connectivity index (χ0v) is 23.3. The second kappa shape index (κ2) is 10.4. The summed E-state index contributed by atoms with van der Waals surface area (Å²) in [5, 5.41) is 11.5. The lowest BCUT2D eigenvalue weighted by Crippen LogP contribution is -2.36. The molecule has 1 amide bonds. The monoisotopic (exact) mass is 566 g/mol. The third kappa shape index (κ3) is 6.04. The van der Waals surface area contributed by atoms with E-state index in [1.807, 2.05) is 25.7 Å². The third-order valence-corrected chi connectivity index (χ3v) is 7.80. The number of aryl methyl sites for hydroxylation is 1. The number of hydrogen-bond donors (Lipinski definition) is 1. The third-order valence-electron chi connectivity index (χ3n) is 6.71. The molecular formula is C25H33F3N8O2S. The van der Waals surface area contributed by atoms with E-state index < -0.39 is 17.6 Å². The minimum absolute atomic E-state index is 0.111. The molecule has 0 radical (unpaired) electrons. The number of carbonyl (C=O) groups excluding carboxylic acids is 1. The number of alkyl halides is 3. The highest BCUT2D eigenvalue weighted by Gasteiger charge is 2.40. The van der Waals surface area contributed by atoms with Crippen LogP contribution < -0.4 is 10.2 Å². The molecule has 10 nitrogen and oxygen atoms in total. The van der Waals surface area contributed by atoms with E-state index in [1.165, 1.54) is 4.88 Å². The zero-order chi connectivity index (χ0) is 27.9. The molecule has 14 heteroatoms. The minimum Gasteiger partial charge on any atom is -0.444 e. The number of ether oxygens (including phenoxy) is 1. The number of amides is 1. The maximum Gasteiger partial charge on any atom is 0.451 e. The minimum atomic E-state index is -4.55. The van der Waals surface area contributed by atoms with Crippen LogP contribution >= 0.6 is 11.3 Å². The molecular weight excluding hydrogens is 533 g/mol. The Kier molecular flexibility index (Phi) is 7.33. The van der Waals surface area contributed by atoms with Gasteiger partial charge in [0.2, 0.25) is 11.8 Å². The number of aromatic nitrogens is 5. The molecule has 0 unspecified atom stereocenters. The van der Waals surface area contributed by atoms with Crippen LogP contribution in [-0.2, 0) is 30.4 Å². The van der Waals surface area contributed by atoms with Gasteiger partial charge in [-0.2, -0.15) is 18.2 Å². The lowest BCUT2D eigenvalue weighted by molar-refractivity contribution is -0.147. The number of rotatable bonds is 6. The van der Waals surface area contributed by atoms with Crippen molar-refractivity contribution in [3.05, 3.63) is 22.6 Å². The van der Waals surface area contributed by atoms with Crippen LogP contribution in [0.4, 0.5) is 29.7 Å². The Morgan fingerprint density at radius 2 is 1.97 bits per heavy atom. The van der Waals surface area contributed by atoms with Crippen LogP contribution in [0.1, 0.15) is 57.1 Å². The van der Waals surface area contributed by atoms with Gasteiger partial charge in [-0.25, -0.2) is 9.78 Å². The van der Waals surface area contributed by atoms with Crippen molar-refractivity contribution < 1.29 is 22.7 Å². The van der Waals surface area contributed by atoms with Crippen molar-refractivity contribution in [2.75, 3.05) is 36.4 Å². The van der Waals surface area contributed by atoms with Gasteiger partial charge >= 0.3 is 12.3 Å². The first-order valence-corrected chi connectivity index (χ1v) is 14.0. The maximum atomic E-state index is 13.3. The van der Waals surface area contributed by atoms with Crippen LogP contribution in [0.2, 0.25) is 0 Å². The van der Waals surface area contributed by atoms with Crippen molar-refractivity contribution >= 4 is 39.4 Å². The number of nitrogens with zero attached hydrogens (tertiary/aromatic N) is 7. The molecule has 212 valence electrons. The number of fused-ring (bicyclic) bond motifs is 2. The summed E-state index contributed by atoms with van der Waals surface area (Å²) in [5.41, 5.74) is -0.541. The van der Waals surface area contributed by atoms with Gasteiger partial charge in [0.1, 0.15) is 16.2 Å². The number of halogens is 3. The highest BCUT2D eigenvalue weighted by Crippen LogP contribution is 2.35. The molecule has 2 aliphatic heterocycles. The van der Waals surface area contributed by atoms with Crippen molar-refractivity contribution in [1.82, 2.24) is 29.6 Å². The molecule has 2 aliphatic rings. The van der Waals surface area contributed by atoms with Gasteiger partial charge in [0.25, 0.3) is 0 Å². The smallest absolute Gasteiger partial charge is 0.444 e. The van der Waals surface area contributed by atoms with Gasteiger partial charge in [-0.3, -0.25) is 0 Å². The van der Waals surface area contributed by atoms with Crippen LogP contribution in [0.25, 0.3) is 10.2 Å². The van der Waals surface area contributed by atoms with E-state index in [0.717, 1.165) is 34.0 Å². The highest BCUT2D eigenvalue weighted by molar-refractivity contribution is 7.18. The fraction of sp³-hybridized carbons (Fsp3) is 0.640. The summed E-state index contributed by atoms with van der Waals surface area (Å²) < 4.78 is 46.6. The van der Waals surface area contributed by atoms with Gasteiger partial charge in [-0.1, -0.05) is 13.3 Å². The van der Waals surface area contributed by atoms with Gasteiger partial charge in [-0.05, 0) is 45.6 Å². The Morgan fingerprint density at radius 1 is 1.18 bits per heavy atom. The summed E-state index contributed by atoms with van der Waals surface area (Å²) >= 11 is 1.61. The van der Waals surface area contributed by atoms with E-state index in [4.69, 9.17) is 14.7 Å². The molecule has 0 bridgehead atoms. The lowest BCUT2D eigenvalue weighted by atomic mass is 10.1. The molecule has 0 aliphatic carbocycles. The topological polar surface area (TPSA) is 101 Å². The standard InChI is InChI=1S/C25H33F3N8O2S/c1-5-6-16-11-17-19(34-9-10-36-18(14-34)32-33-21(36)25(26,27)28)30-22(31-20(17)39-16)29-12-15-7-8-35(13-15)23(37)38-24(2,3)4/h11,15H,5-10,12-14H2,1-4H3,(H,29,30,31)/t15-/m1/s1. The normalized spacial score (nSPS) is 18.1.